The van der Waals surface area contributed by atoms with E-state index in [0.717, 1.165) is 11.1 Å². The molecule has 0 spiro atoms. The van der Waals surface area contributed by atoms with E-state index >= 15 is 0 Å². The fraction of sp³-hybridized carbons (Fsp3) is 0.150. The van der Waals surface area contributed by atoms with Crippen molar-refractivity contribution in [2.45, 2.75) is 19.6 Å². The first-order valence-electron chi connectivity index (χ1n) is 8.52. The standard InChI is InChI=1S/C20H20N4O2S.HI/c25-24(26)18-10-8-17(9-11-18)14-22-20(23-15-19-7-4-12-27-19)21-13-16-5-2-1-3-6-16;/h1-12H,13-15H2,(H2,21,22,23);1H. The number of hydrogen-bond acceptors (Lipinski definition) is 4. The number of guanidine groups is 1. The zero-order chi connectivity index (χ0) is 18.9. The first-order valence-corrected chi connectivity index (χ1v) is 9.40. The highest BCUT2D eigenvalue weighted by molar-refractivity contribution is 14.0. The first-order chi connectivity index (χ1) is 13.2. The van der Waals surface area contributed by atoms with E-state index < -0.39 is 4.92 Å². The van der Waals surface area contributed by atoms with Gasteiger partial charge in [-0.2, -0.15) is 0 Å². The Morgan fingerprint density at radius 3 is 2.29 bits per heavy atom. The lowest BCUT2D eigenvalue weighted by atomic mass is 10.2. The zero-order valence-corrected chi connectivity index (χ0v) is 18.2. The van der Waals surface area contributed by atoms with E-state index in [1.165, 1.54) is 17.0 Å². The number of nitro groups is 1. The number of halogens is 1. The highest BCUT2D eigenvalue weighted by Gasteiger charge is 2.05. The van der Waals surface area contributed by atoms with E-state index in [4.69, 9.17) is 0 Å². The molecule has 3 rings (SSSR count). The molecule has 2 aromatic carbocycles. The highest BCUT2D eigenvalue weighted by atomic mass is 127. The second-order valence-electron chi connectivity index (χ2n) is 5.86. The van der Waals surface area contributed by atoms with Crippen molar-refractivity contribution in [3.05, 3.63) is 98.2 Å². The van der Waals surface area contributed by atoms with Crippen LogP contribution in [0.1, 0.15) is 16.0 Å². The number of aliphatic imine (C=N–C) groups is 1. The molecule has 0 saturated heterocycles. The summed E-state index contributed by atoms with van der Waals surface area (Å²) in [6.45, 7) is 1.79. The lowest BCUT2D eigenvalue weighted by Crippen LogP contribution is -2.36. The number of thiophene rings is 1. The third-order valence-electron chi connectivity index (χ3n) is 3.88. The van der Waals surface area contributed by atoms with Crippen LogP contribution >= 0.6 is 35.3 Å². The largest absolute Gasteiger partial charge is 0.352 e. The van der Waals surface area contributed by atoms with E-state index in [1.807, 2.05) is 41.8 Å². The molecular formula is C20H21IN4O2S. The molecule has 8 heteroatoms. The van der Waals surface area contributed by atoms with Crippen molar-refractivity contribution in [1.82, 2.24) is 10.6 Å². The summed E-state index contributed by atoms with van der Waals surface area (Å²) in [5, 5.41) is 19.4. The van der Waals surface area contributed by atoms with Gasteiger partial charge >= 0.3 is 0 Å². The third-order valence-corrected chi connectivity index (χ3v) is 4.76. The molecule has 0 aliphatic rings. The Balaban J connectivity index is 0.00000280. The molecule has 3 aromatic rings. The Morgan fingerprint density at radius 2 is 1.64 bits per heavy atom. The molecular weight excluding hydrogens is 487 g/mol. The molecule has 2 N–H and O–H groups in total. The van der Waals surface area contributed by atoms with Crippen LogP contribution in [0.15, 0.2) is 77.1 Å². The van der Waals surface area contributed by atoms with Crippen LogP contribution in [-0.4, -0.2) is 10.9 Å². The van der Waals surface area contributed by atoms with Gasteiger partial charge in [0.1, 0.15) is 0 Å². The molecule has 0 atom stereocenters. The maximum Gasteiger partial charge on any atom is 0.269 e. The van der Waals surface area contributed by atoms with Gasteiger partial charge < -0.3 is 10.6 Å². The molecule has 0 aliphatic heterocycles. The number of hydrogen-bond donors (Lipinski definition) is 2. The number of rotatable bonds is 7. The van der Waals surface area contributed by atoms with E-state index in [9.17, 15) is 10.1 Å². The number of non-ortho nitro benzene ring substituents is 1. The maximum absolute atomic E-state index is 10.8. The summed E-state index contributed by atoms with van der Waals surface area (Å²) < 4.78 is 0. The quantitative estimate of drug-likeness (QED) is 0.159. The topological polar surface area (TPSA) is 79.6 Å². The predicted molar refractivity (Wildman–Crippen MR) is 124 cm³/mol. The highest BCUT2D eigenvalue weighted by Crippen LogP contribution is 2.12. The third kappa shape index (κ3) is 6.93. The minimum atomic E-state index is -0.396. The van der Waals surface area contributed by atoms with Gasteiger partial charge in [0.25, 0.3) is 5.69 Å². The van der Waals surface area contributed by atoms with Gasteiger partial charge in [-0.05, 0) is 22.6 Å². The summed E-state index contributed by atoms with van der Waals surface area (Å²) in [5.41, 5.74) is 2.17. The van der Waals surface area contributed by atoms with Crippen LogP contribution in [0.25, 0.3) is 0 Å². The molecule has 0 saturated carbocycles. The van der Waals surface area contributed by atoms with Gasteiger partial charge in [0.2, 0.25) is 0 Å². The molecule has 146 valence electrons. The molecule has 1 aromatic heterocycles. The van der Waals surface area contributed by atoms with Crippen LogP contribution < -0.4 is 10.6 Å². The second-order valence-corrected chi connectivity index (χ2v) is 6.89. The summed E-state index contributed by atoms with van der Waals surface area (Å²) in [5.74, 6) is 0.700. The SMILES string of the molecule is I.O=[N+]([O-])c1ccc(CNC(=NCc2ccccc2)NCc2cccs2)cc1. The Labute approximate surface area is 184 Å². The minimum absolute atomic E-state index is 0. The van der Waals surface area contributed by atoms with Crippen molar-refractivity contribution in [1.29, 1.82) is 0 Å². The molecule has 0 radical (unpaired) electrons. The van der Waals surface area contributed by atoms with Crippen LogP contribution in [0.3, 0.4) is 0 Å². The van der Waals surface area contributed by atoms with Crippen molar-refractivity contribution >= 4 is 47.0 Å². The lowest BCUT2D eigenvalue weighted by Gasteiger charge is -2.12. The average Bonchev–Trinajstić information content (AvgIpc) is 3.22. The molecule has 6 nitrogen and oxygen atoms in total. The van der Waals surface area contributed by atoms with Gasteiger partial charge in [0, 0.05) is 23.6 Å². The molecule has 0 bridgehead atoms. The molecule has 0 amide bonds. The average molecular weight is 508 g/mol. The monoisotopic (exact) mass is 508 g/mol. The van der Waals surface area contributed by atoms with Crippen molar-refractivity contribution < 1.29 is 4.92 Å². The Bertz CT molecular complexity index is 884. The smallest absolute Gasteiger partial charge is 0.269 e. The Morgan fingerprint density at radius 1 is 0.929 bits per heavy atom. The molecule has 0 unspecified atom stereocenters. The van der Waals surface area contributed by atoms with Crippen LogP contribution in [0, 0.1) is 10.1 Å². The van der Waals surface area contributed by atoms with Gasteiger partial charge in [0.15, 0.2) is 5.96 Å². The van der Waals surface area contributed by atoms with E-state index in [0.29, 0.717) is 25.6 Å². The molecule has 1 heterocycles. The Hall–Kier alpha value is -2.46. The van der Waals surface area contributed by atoms with E-state index in [2.05, 4.69) is 21.7 Å². The van der Waals surface area contributed by atoms with E-state index in [-0.39, 0.29) is 29.7 Å². The maximum atomic E-state index is 10.8. The van der Waals surface area contributed by atoms with Gasteiger partial charge in [-0.3, -0.25) is 10.1 Å². The van der Waals surface area contributed by atoms with Crippen molar-refractivity contribution in [2.75, 3.05) is 0 Å². The zero-order valence-electron chi connectivity index (χ0n) is 15.1. The number of nitrogens with zero attached hydrogens (tertiary/aromatic N) is 2. The first kappa shape index (κ1) is 21.8. The Kier molecular flexibility index (Phi) is 8.89. The van der Waals surface area contributed by atoms with Gasteiger partial charge in [0.05, 0.1) is 18.0 Å². The van der Waals surface area contributed by atoms with Crippen LogP contribution in [-0.2, 0) is 19.6 Å². The number of nitrogens with one attached hydrogen (secondary N) is 2. The fourth-order valence-electron chi connectivity index (χ4n) is 2.43. The number of benzene rings is 2. The lowest BCUT2D eigenvalue weighted by molar-refractivity contribution is -0.384. The van der Waals surface area contributed by atoms with Crippen molar-refractivity contribution in [2.24, 2.45) is 4.99 Å². The fourth-order valence-corrected chi connectivity index (χ4v) is 3.08. The summed E-state index contributed by atoms with van der Waals surface area (Å²) in [7, 11) is 0. The molecule has 0 fully saturated rings. The van der Waals surface area contributed by atoms with Crippen LogP contribution in [0.2, 0.25) is 0 Å². The molecule has 0 aliphatic carbocycles. The summed E-state index contributed by atoms with van der Waals surface area (Å²) in [6, 6.07) is 20.7. The van der Waals surface area contributed by atoms with Gasteiger partial charge in [-0.25, -0.2) is 4.99 Å². The summed E-state index contributed by atoms with van der Waals surface area (Å²) in [4.78, 5) is 16.2. The predicted octanol–water partition coefficient (Wildman–Crippen LogP) is 4.71. The van der Waals surface area contributed by atoms with Crippen LogP contribution in [0.4, 0.5) is 5.69 Å². The van der Waals surface area contributed by atoms with Gasteiger partial charge in [-0.15, -0.1) is 35.3 Å². The van der Waals surface area contributed by atoms with Gasteiger partial charge in [-0.1, -0.05) is 48.5 Å². The summed E-state index contributed by atoms with van der Waals surface area (Å²) >= 11 is 1.69. The summed E-state index contributed by atoms with van der Waals surface area (Å²) in [6.07, 6.45) is 0. The van der Waals surface area contributed by atoms with E-state index in [1.54, 1.807) is 23.5 Å². The second kappa shape index (κ2) is 11.4. The van der Waals surface area contributed by atoms with Crippen molar-refractivity contribution in [3.8, 4) is 0 Å². The normalized spacial score (nSPS) is 10.8. The number of nitro benzene ring substituents is 1. The minimum Gasteiger partial charge on any atom is -0.352 e. The van der Waals surface area contributed by atoms with Crippen molar-refractivity contribution in [3.63, 3.8) is 0 Å². The van der Waals surface area contributed by atoms with Crippen LogP contribution in [0.5, 0.6) is 0 Å². The molecule has 28 heavy (non-hydrogen) atoms.